The predicted octanol–water partition coefficient (Wildman–Crippen LogP) is 7.99. The van der Waals surface area contributed by atoms with Crippen molar-refractivity contribution in [1.29, 1.82) is 0 Å². The van der Waals surface area contributed by atoms with Gasteiger partial charge in [-0.3, -0.25) is 4.48 Å². The van der Waals surface area contributed by atoms with Crippen molar-refractivity contribution in [3.63, 3.8) is 0 Å². The number of ether oxygens (including phenoxy) is 1. The summed E-state index contributed by atoms with van der Waals surface area (Å²) in [5, 5.41) is 1.17. The van der Waals surface area contributed by atoms with Gasteiger partial charge in [0.15, 0.2) is 11.2 Å². The molecule has 4 heterocycles. The molecule has 36 heavy (non-hydrogen) atoms. The number of likely N-dealkylation sites (N-methyl/N-ethyl adjacent to an activating group) is 1. The lowest BCUT2D eigenvalue weighted by atomic mass is 9.79. The van der Waals surface area contributed by atoms with E-state index in [-0.39, 0.29) is 11.6 Å². The minimum absolute atomic E-state index is 0.167. The highest BCUT2D eigenvalue weighted by Gasteiger charge is 2.65. The Kier molecular flexibility index (Phi) is 3.74. The monoisotopic (exact) mass is 465 g/mol. The first kappa shape index (κ1) is 20.0. The van der Waals surface area contributed by atoms with Crippen LogP contribution >= 0.6 is 0 Å². The van der Waals surface area contributed by atoms with Crippen LogP contribution < -0.4 is 9.22 Å². The zero-order valence-electron chi connectivity index (χ0n) is 20.3. The Labute approximate surface area is 210 Å². The molecule has 3 atom stereocenters. The average Bonchev–Trinajstić information content (AvgIpc) is 3.14. The van der Waals surface area contributed by atoms with Crippen molar-refractivity contribution in [1.82, 2.24) is 9.47 Å². The number of nitrogens with zero attached hydrogens (tertiary/aromatic N) is 2. The van der Waals surface area contributed by atoms with Crippen molar-refractivity contribution in [3.8, 4) is 22.8 Å². The number of quaternary nitrogens is 1. The van der Waals surface area contributed by atoms with Crippen LogP contribution in [0.2, 0.25) is 0 Å². The molecular weight excluding hydrogens is 440 g/mol. The Morgan fingerprint density at radius 3 is 2.47 bits per heavy atom. The van der Waals surface area contributed by atoms with E-state index in [1.807, 2.05) is 0 Å². The van der Waals surface area contributed by atoms with Gasteiger partial charge in [-0.2, -0.15) is 0 Å². The van der Waals surface area contributed by atoms with Crippen molar-refractivity contribution < 1.29 is 4.74 Å². The van der Waals surface area contributed by atoms with Crippen molar-refractivity contribution in [2.45, 2.75) is 18.5 Å². The van der Waals surface area contributed by atoms with E-state index in [1.54, 1.807) is 0 Å². The second kappa shape index (κ2) is 6.71. The first-order valence-electron chi connectivity index (χ1n) is 12.6. The fourth-order valence-corrected chi connectivity index (χ4v) is 7.07. The largest absolute Gasteiger partial charge is 0.456 e. The summed E-state index contributed by atoms with van der Waals surface area (Å²) in [4.78, 5) is 5.34. The number of aromatic nitrogens is 1. The summed E-state index contributed by atoms with van der Waals surface area (Å²) in [6.45, 7) is 2.40. The number of pyridine rings is 1. The van der Waals surface area contributed by atoms with Crippen molar-refractivity contribution >= 4 is 22.7 Å². The van der Waals surface area contributed by atoms with Gasteiger partial charge in [-0.05, 0) is 42.5 Å². The van der Waals surface area contributed by atoms with E-state index in [0.717, 1.165) is 28.3 Å². The zero-order chi connectivity index (χ0) is 24.1. The van der Waals surface area contributed by atoms with Gasteiger partial charge in [-0.1, -0.05) is 66.7 Å². The van der Waals surface area contributed by atoms with E-state index in [9.17, 15) is 0 Å². The van der Waals surface area contributed by atoms with Gasteiger partial charge in [-0.25, -0.2) is 4.98 Å². The summed E-state index contributed by atoms with van der Waals surface area (Å²) in [5.41, 5.74) is 9.26. The molecule has 3 aliphatic rings. The molecule has 0 bridgehead atoms. The van der Waals surface area contributed by atoms with Crippen LogP contribution in [-0.4, -0.2) is 12.0 Å². The fourth-order valence-electron chi connectivity index (χ4n) is 7.07. The highest BCUT2D eigenvalue weighted by Crippen LogP contribution is 2.65. The number of hydrogen-bond donors (Lipinski definition) is 0. The molecule has 3 heteroatoms. The third-order valence-electron chi connectivity index (χ3n) is 8.84. The molecule has 0 aliphatic carbocycles. The molecule has 0 N–H and O–H groups in total. The summed E-state index contributed by atoms with van der Waals surface area (Å²) in [6.07, 6.45) is 4.68. The summed E-state index contributed by atoms with van der Waals surface area (Å²) in [7, 11) is 2.40. The lowest BCUT2D eigenvalue weighted by molar-refractivity contribution is 0.166. The highest BCUT2D eigenvalue weighted by molar-refractivity contribution is 5.98. The quantitative estimate of drug-likeness (QED) is 0.234. The number of rotatable bonds is 1. The molecule has 0 radical (unpaired) electrons. The molecule has 8 rings (SSSR count). The molecule has 0 saturated carbocycles. The number of fused-ring (bicyclic) bond motifs is 9. The van der Waals surface area contributed by atoms with Crippen molar-refractivity contribution in [2.75, 3.05) is 7.05 Å². The molecule has 1 aromatic heterocycles. The average molecular weight is 466 g/mol. The van der Waals surface area contributed by atoms with Crippen LogP contribution in [0, 0.1) is 0 Å². The predicted molar refractivity (Wildman–Crippen MR) is 146 cm³/mol. The summed E-state index contributed by atoms with van der Waals surface area (Å²) in [5.74, 6) is 1.91. The smallest absolute Gasteiger partial charge is 0.168 e. The van der Waals surface area contributed by atoms with Crippen LogP contribution in [0.5, 0.6) is 11.5 Å². The molecule has 0 fully saturated rings. The zero-order valence-corrected chi connectivity index (χ0v) is 20.3. The van der Waals surface area contributed by atoms with E-state index in [2.05, 4.69) is 123 Å². The Morgan fingerprint density at radius 1 is 0.806 bits per heavy atom. The molecule has 5 aromatic rings. The first-order valence-corrected chi connectivity index (χ1v) is 12.6. The van der Waals surface area contributed by atoms with Gasteiger partial charge < -0.3 is 4.74 Å². The first-order chi connectivity index (χ1) is 17.6. The molecular formula is C33H25N2O+. The number of para-hydroxylation sites is 1. The maximum Gasteiger partial charge on any atom is 0.168 e. The third kappa shape index (κ3) is 2.25. The van der Waals surface area contributed by atoms with Gasteiger partial charge in [0.25, 0.3) is 0 Å². The Morgan fingerprint density at radius 2 is 1.58 bits per heavy atom. The number of hydrogen-bond acceptors (Lipinski definition) is 2. The minimum Gasteiger partial charge on any atom is -0.456 e. The van der Waals surface area contributed by atoms with Gasteiger partial charge in [0.1, 0.15) is 23.1 Å². The third-order valence-corrected chi connectivity index (χ3v) is 8.84. The van der Waals surface area contributed by atoms with Crippen molar-refractivity contribution in [2.24, 2.45) is 0 Å². The van der Waals surface area contributed by atoms with Gasteiger partial charge in [0, 0.05) is 29.0 Å². The van der Waals surface area contributed by atoms with E-state index in [1.165, 1.54) is 33.3 Å². The van der Waals surface area contributed by atoms with Crippen molar-refractivity contribution in [3.05, 3.63) is 125 Å². The molecule has 0 spiro atoms. The topological polar surface area (TPSA) is 22.1 Å². The maximum atomic E-state index is 6.49. The number of benzene rings is 4. The Hall–Kier alpha value is -4.21. The van der Waals surface area contributed by atoms with Gasteiger partial charge in [0.2, 0.25) is 0 Å². The maximum absolute atomic E-state index is 6.49. The molecule has 0 amide bonds. The van der Waals surface area contributed by atoms with E-state index < -0.39 is 0 Å². The minimum atomic E-state index is -0.330. The summed E-state index contributed by atoms with van der Waals surface area (Å²) < 4.78 is 7.19. The summed E-state index contributed by atoms with van der Waals surface area (Å²) in [6, 6.07) is 34.6. The normalized spacial score (nSPS) is 24.4. The van der Waals surface area contributed by atoms with Crippen LogP contribution in [0.15, 0.2) is 103 Å². The van der Waals surface area contributed by atoms with E-state index >= 15 is 0 Å². The van der Waals surface area contributed by atoms with Gasteiger partial charge >= 0.3 is 0 Å². The van der Waals surface area contributed by atoms with Crippen LogP contribution in [0.1, 0.15) is 35.2 Å². The van der Waals surface area contributed by atoms with Crippen LogP contribution in [0.4, 0.5) is 5.69 Å². The van der Waals surface area contributed by atoms with Crippen LogP contribution in [-0.2, 0) is 5.54 Å². The van der Waals surface area contributed by atoms with Gasteiger partial charge in [0.05, 0.1) is 23.9 Å². The highest BCUT2D eigenvalue weighted by atomic mass is 16.5. The molecule has 3 nitrogen and oxygen atoms in total. The molecule has 3 aliphatic heterocycles. The molecule has 4 aromatic carbocycles. The molecule has 0 saturated heterocycles. The SMILES string of the molecule is CC12c3ccccc3Oc3cccc(c31)C1C=Cc3ccc4ccc(-c5ccccc5)nc4c3[N+]12C. The fraction of sp³-hybridized carbons (Fsp3) is 0.121. The van der Waals surface area contributed by atoms with Crippen LogP contribution in [0.3, 0.4) is 0 Å². The van der Waals surface area contributed by atoms with E-state index in [4.69, 9.17) is 9.72 Å². The summed E-state index contributed by atoms with van der Waals surface area (Å²) >= 11 is 0. The Bertz CT molecular complexity index is 1760. The van der Waals surface area contributed by atoms with Gasteiger partial charge in [-0.15, -0.1) is 0 Å². The Balaban J connectivity index is 1.49. The standard InChI is InChI=1S/C33H25N2O/c1-33-25-12-6-7-13-28(25)36-29-14-8-11-24(30(29)33)27-20-18-23-16-15-22-17-19-26(21-9-4-3-5-10-21)34-31(22)32(23)35(27,33)2/h3-20,27H,1-2H3/q+1. The van der Waals surface area contributed by atoms with Crippen LogP contribution in [0.25, 0.3) is 28.2 Å². The lowest BCUT2D eigenvalue weighted by Gasteiger charge is -2.50. The second-order valence-electron chi connectivity index (χ2n) is 10.4. The molecule has 3 unspecified atom stereocenters. The molecule has 172 valence electrons. The lowest BCUT2D eigenvalue weighted by Crippen LogP contribution is -2.59. The second-order valence-corrected chi connectivity index (χ2v) is 10.4. The van der Waals surface area contributed by atoms with E-state index in [0.29, 0.717) is 4.48 Å².